The summed E-state index contributed by atoms with van der Waals surface area (Å²) in [7, 11) is -0.942. The van der Waals surface area contributed by atoms with Crippen molar-refractivity contribution in [2.45, 2.75) is 97.8 Å². The summed E-state index contributed by atoms with van der Waals surface area (Å²) in [6.07, 6.45) is -0.716. The van der Waals surface area contributed by atoms with Gasteiger partial charge >= 0.3 is 11.7 Å². The van der Waals surface area contributed by atoms with Crippen LogP contribution in [0.3, 0.4) is 0 Å². The van der Waals surface area contributed by atoms with Crippen LogP contribution in [0, 0.1) is 6.92 Å². The zero-order chi connectivity index (χ0) is 30.4. The van der Waals surface area contributed by atoms with E-state index in [-0.39, 0.29) is 17.7 Å². The van der Waals surface area contributed by atoms with Gasteiger partial charge in [0.15, 0.2) is 0 Å². The van der Waals surface area contributed by atoms with E-state index in [0.717, 1.165) is 13.9 Å². The summed E-state index contributed by atoms with van der Waals surface area (Å²) in [4.78, 5) is 42.5. The molecule has 0 amide bonds. The molecule has 0 aliphatic heterocycles. The average Bonchev–Trinajstić information content (AvgIpc) is 3.13. The van der Waals surface area contributed by atoms with Crippen molar-refractivity contribution in [1.82, 2.24) is 9.13 Å². The molecule has 11 heteroatoms. The second kappa shape index (κ2) is 11.6. The fourth-order valence-electron chi connectivity index (χ4n) is 4.22. The van der Waals surface area contributed by atoms with Gasteiger partial charge in [0.2, 0.25) is 0 Å². The van der Waals surface area contributed by atoms with Crippen molar-refractivity contribution in [3.05, 3.63) is 60.0 Å². The first kappa shape index (κ1) is 32.3. The van der Waals surface area contributed by atoms with Crippen LogP contribution in [0.25, 0.3) is 10.2 Å². The van der Waals surface area contributed by atoms with Crippen LogP contribution >= 0.6 is 27.3 Å². The lowest BCUT2D eigenvalue weighted by Gasteiger charge is -2.38. The molecule has 0 saturated carbocycles. The van der Waals surface area contributed by atoms with Crippen molar-refractivity contribution >= 4 is 51.8 Å². The Morgan fingerprint density at radius 2 is 1.70 bits per heavy atom. The first-order valence-electron chi connectivity index (χ1n) is 13.3. The molecular formula is C29H41BrN2O6SSi. The number of thiophene rings is 1. The van der Waals surface area contributed by atoms with Gasteiger partial charge in [-0.1, -0.05) is 39.0 Å². The maximum absolute atomic E-state index is 14.3. The molecule has 0 fully saturated rings. The van der Waals surface area contributed by atoms with Crippen LogP contribution in [0.2, 0.25) is 18.1 Å². The molecular weight excluding hydrogens is 612 g/mol. The third-order valence-electron chi connectivity index (χ3n) is 7.64. The highest BCUT2D eigenvalue weighted by molar-refractivity contribution is 9.11. The Balaban J connectivity index is 2.30. The van der Waals surface area contributed by atoms with E-state index in [1.54, 1.807) is 25.5 Å². The number of aromatic nitrogens is 2. The number of fused-ring (bicyclic) bond motifs is 1. The molecule has 2 heterocycles. The topological polar surface area (TPSA) is 88.8 Å². The Labute approximate surface area is 249 Å². The third-order valence-corrected chi connectivity index (χ3v) is 14.1. The first-order valence-corrected chi connectivity index (χ1v) is 17.8. The van der Waals surface area contributed by atoms with Gasteiger partial charge in [0, 0.05) is 5.56 Å². The maximum Gasteiger partial charge on any atom is 0.333 e. The fraction of sp³-hybridized carbons (Fsp3) is 0.552. The molecule has 40 heavy (non-hydrogen) atoms. The molecule has 0 spiro atoms. The molecule has 1 atom stereocenters. The number of ether oxygens (including phenoxy) is 2. The molecule has 0 aliphatic carbocycles. The lowest BCUT2D eigenvalue weighted by molar-refractivity contribution is -0.144. The van der Waals surface area contributed by atoms with E-state index in [1.165, 1.54) is 11.3 Å². The second-order valence-corrected chi connectivity index (χ2v) is 19.4. The molecule has 0 saturated heterocycles. The van der Waals surface area contributed by atoms with Crippen LogP contribution in [0.4, 0.5) is 0 Å². The van der Waals surface area contributed by atoms with Gasteiger partial charge < -0.3 is 13.9 Å². The van der Waals surface area contributed by atoms with Crippen LogP contribution in [0.5, 0.6) is 5.75 Å². The number of aryl methyl sites for hydroxylation is 1. The zero-order valence-electron chi connectivity index (χ0n) is 25.3. The second-order valence-electron chi connectivity index (χ2n) is 12.3. The predicted molar refractivity (Wildman–Crippen MR) is 167 cm³/mol. The number of hydrogen-bond donors (Lipinski definition) is 0. The van der Waals surface area contributed by atoms with Gasteiger partial charge in [-0.15, -0.1) is 11.3 Å². The van der Waals surface area contributed by atoms with E-state index in [1.807, 2.05) is 78.9 Å². The molecule has 1 aromatic carbocycles. The SMILES string of the molecule is COc1ccccc1[C@H](Cn1c(=O)n(C(C)(C)C(=O)O[Si](C)(C)C(C)(C)C)c(=O)c2c(C)c(Br)sc21)OC(C)C. The van der Waals surface area contributed by atoms with Crippen molar-refractivity contribution in [1.29, 1.82) is 0 Å². The van der Waals surface area contributed by atoms with Crippen LogP contribution in [-0.2, 0) is 26.0 Å². The highest BCUT2D eigenvalue weighted by atomic mass is 79.9. The highest BCUT2D eigenvalue weighted by Crippen LogP contribution is 2.38. The monoisotopic (exact) mass is 652 g/mol. The van der Waals surface area contributed by atoms with E-state index in [4.69, 9.17) is 13.9 Å². The Kier molecular flexibility index (Phi) is 9.35. The Hall–Kier alpha value is -2.21. The molecule has 3 aromatic rings. The van der Waals surface area contributed by atoms with Crippen molar-refractivity contribution in [3.63, 3.8) is 0 Å². The van der Waals surface area contributed by atoms with Crippen LogP contribution in [0.15, 0.2) is 37.6 Å². The van der Waals surface area contributed by atoms with Crippen LogP contribution in [-0.4, -0.2) is 36.6 Å². The number of para-hydroxylation sites is 1. The highest BCUT2D eigenvalue weighted by Gasteiger charge is 2.45. The van der Waals surface area contributed by atoms with Gasteiger partial charge in [-0.3, -0.25) is 14.2 Å². The summed E-state index contributed by atoms with van der Waals surface area (Å²) in [5, 5.41) is 0.145. The minimum Gasteiger partial charge on any atom is -0.517 e. The number of rotatable bonds is 9. The van der Waals surface area contributed by atoms with Gasteiger partial charge in [-0.25, -0.2) is 9.36 Å². The molecule has 3 rings (SSSR count). The summed E-state index contributed by atoms with van der Waals surface area (Å²) in [5.41, 5.74) is -1.19. The standard InChI is InChI=1S/C29H41BrN2O6SSi/c1-17(2)37-21(19-14-12-13-15-20(19)36-9)16-31-25-22(18(3)23(30)39-25)24(33)32(27(31)35)29(7,8)26(34)38-40(10,11)28(4,5)6/h12-15,17,21H,16H2,1-11H3/t21-/m0/s1. The van der Waals surface area contributed by atoms with E-state index < -0.39 is 37.2 Å². The molecule has 0 aliphatic rings. The quantitative estimate of drug-likeness (QED) is 0.238. The summed E-state index contributed by atoms with van der Waals surface area (Å²) in [5.74, 6) is 0.0310. The van der Waals surface area contributed by atoms with Gasteiger partial charge in [0.1, 0.15) is 22.2 Å². The van der Waals surface area contributed by atoms with E-state index in [9.17, 15) is 14.4 Å². The number of halogens is 1. The number of methoxy groups -OCH3 is 1. The largest absolute Gasteiger partial charge is 0.517 e. The van der Waals surface area contributed by atoms with Crippen molar-refractivity contribution in [2.75, 3.05) is 7.11 Å². The third kappa shape index (κ3) is 6.02. The van der Waals surface area contributed by atoms with E-state index in [0.29, 0.717) is 21.5 Å². The Morgan fingerprint density at radius 3 is 2.25 bits per heavy atom. The molecule has 0 N–H and O–H groups in total. The zero-order valence-corrected chi connectivity index (χ0v) is 28.7. The number of benzene rings is 1. The van der Waals surface area contributed by atoms with E-state index >= 15 is 0 Å². The van der Waals surface area contributed by atoms with Crippen LogP contribution < -0.4 is 16.0 Å². The number of nitrogens with zero attached hydrogens (tertiary/aromatic N) is 2. The van der Waals surface area contributed by atoms with Gasteiger partial charge in [-0.05, 0) is 80.3 Å². The lowest BCUT2D eigenvalue weighted by Crippen LogP contribution is -2.56. The molecule has 2 aromatic heterocycles. The Bertz CT molecular complexity index is 1530. The summed E-state index contributed by atoms with van der Waals surface area (Å²) in [6, 6.07) is 7.51. The predicted octanol–water partition coefficient (Wildman–Crippen LogP) is 6.75. The summed E-state index contributed by atoms with van der Waals surface area (Å²) < 4.78 is 21.3. The molecule has 220 valence electrons. The van der Waals surface area contributed by atoms with Crippen molar-refractivity contribution in [2.24, 2.45) is 0 Å². The minimum atomic E-state index is -2.53. The summed E-state index contributed by atoms with van der Waals surface area (Å²) >= 11 is 4.87. The maximum atomic E-state index is 14.3. The van der Waals surface area contributed by atoms with E-state index in [2.05, 4.69) is 15.9 Å². The summed E-state index contributed by atoms with van der Waals surface area (Å²) in [6.45, 7) is 18.9. The van der Waals surface area contributed by atoms with Gasteiger partial charge in [0.05, 0.1) is 28.9 Å². The van der Waals surface area contributed by atoms with Gasteiger partial charge in [0.25, 0.3) is 13.9 Å². The number of carbonyl (C=O) groups is 1. The smallest absolute Gasteiger partial charge is 0.333 e. The number of carbonyl (C=O) groups excluding carboxylic acids is 1. The molecule has 0 unspecified atom stereocenters. The normalized spacial score (nSPS) is 13.6. The number of hydrogen-bond acceptors (Lipinski definition) is 7. The van der Waals surface area contributed by atoms with Crippen molar-refractivity contribution in [3.8, 4) is 5.75 Å². The lowest BCUT2D eigenvalue weighted by atomic mass is 10.1. The molecule has 8 nitrogen and oxygen atoms in total. The first-order chi connectivity index (χ1) is 18.3. The van der Waals surface area contributed by atoms with Gasteiger partial charge in [-0.2, -0.15) is 0 Å². The minimum absolute atomic E-state index is 0.105. The fourth-order valence-corrected chi connectivity index (χ4v) is 6.92. The molecule has 0 bridgehead atoms. The molecule has 0 radical (unpaired) electrons. The van der Waals surface area contributed by atoms with Crippen LogP contribution in [0.1, 0.15) is 65.7 Å². The average molecular weight is 654 g/mol. The Morgan fingerprint density at radius 1 is 1.10 bits per heavy atom. The van der Waals surface area contributed by atoms with Crippen molar-refractivity contribution < 1.29 is 18.7 Å².